The van der Waals surface area contributed by atoms with Crippen molar-refractivity contribution < 1.29 is 23.9 Å². The number of amides is 3. The minimum Gasteiger partial charge on any atom is -0.467 e. The van der Waals surface area contributed by atoms with Gasteiger partial charge in [0.2, 0.25) is 17.7 Å². The SMILES string of the molecule is COC(=O)[C@@H]1C[C@H]2CN1C(=O)[C@H](C)NC(=O)[C@@H]1CCCN1C(=O)[C@H](C)S2. The maximum absolute atomic E-state index is 12.8. The predicted octanol–water partition coefficient (Wildman–Crippen LogP) is -0.240. The van der Waals surface area contributed by atoms with Gasteiger partial charge in [-0.3, -0.25) is 14.4 Å². The van der Waals surface area contributed by atoms with E-state index in [0.29, 0.717) is 25.9 Å². The number of methoxy groups -OCH3 is 1. The van der Waals surface area contributed by atoms with E-state index < -0.39 is 24.1 Å². The molecule has 2 bridgehead atoms. The van der Waals surface area contributed by atoms with E-state index >= 15 is 0 Å². The fourth-order valence-electron chi connectivity index (χ4n) is 4.00. The Bertz CT molecular complexity index is 628. The van der Waals surface area contributed by atoms with Gasteiger partial charge in [0.15, 0.2) is 0 Å². The van der Waals surface area contributed by atoms with Crippen molar-refractivity contribution in [3.8, 4) is 0 Å². The van der Waals surface area contributed by atoms with E-state index in [-0.39, 0.29) is 28.2 Å². The molecule has 0 unspecified atom stereocenters. The Morgan fingerprint density at radius 3 is 2.62 bits per heavy atom. The summed E-state index contributed by atoms with van der Waals surface area (Å²) in [6, 6.07) is -1.95. The van der Waals surface area contributed by atoms with Gasteiger partial charge in [-0.2, -0.15) is 0 Å². The molecule has 0 aliphatic carbocycles. The van der Waals surface area contributed by atoms with Crippen LogP contribution >= 0.6 is 11.8 Å². The molecule has 3 fully saturated rings. The van der Waals surface area contributed by atoms with Gasteiger partial charge < -0.3 is 19.9 Å². The molecule has 3 saturated heterocycles. The van der Waals surface area contributed by atoms with Crippen molar-refractivity contribution in [1.82, 2.24) is 15.1 Å². The number of nitrogens with zero attached hydrogens (tertiary/aromatic N) is 2. The molecule has 26 heavy (non-hydrogen) atoms. The molecule has 9 heteroatoms. The molecule has 0 aromatic carbocycles. The highest BCUT2D eigenvalue weighted by molar-refractivity contribution is 8.01. The molecule has 3 aliphatic heterocycles. The van der Waals surface area contributed by atoms with Gasteiger partial charge in [0, 0.05) is 18.3 Å². The number of ether oxygens (including phenoxy) is 1. The van der Waals surface area contributed by atoms with Crippen molar-refractivity contribution in [3.63, 3.8) is 0 Å². The van der Waals surface area contributed by atoms with Crippen LogP contribution in [0.3, 0.4) is 0 Å². The summed E-state index contributed by atoms with van der Waals surface area (Å²) >= 11 is 1.47. The number of carbonyl (C=O) groups is 4. The minimum atomic E-state index is -0.757. The number of nitrogens with one attached hydrogen (secondary N) is 1. The zero-order valence-electron chi connectivity index (χ0n) is 15.3. The first-order chi connectivity index (χ1) is 12.3. The lowest BCUT2D eigenvalue weighted by molar-refractivity contribution is -0.152. The van der Waals surface area contributed by atoms with Crippen molar-refractivity contribution in [1.29, 1.82) is 0 Å². The number of esters is 1. The third kappa shape index (κ3) is 3.41. The van der Waals surface area contributed by atoms with Gasteiger partial charge in [-0.25, -0.2) is 4.79 Å². The summed E-state index contributed by atoms with van der Waals surface area (Å²) in [6.07, 6.45) is 1.84. The van der Waals surface area contributed by atoms with Gasteiger partial charge in [-0.05, 0) is 33.1 Å². The van der Waals surface area contributed by atoms with Crippen molar-refractivity contribution in [2.24, 2.45) is 0 Å². The molecule has 0 aromatic heterocycles. The van der Waals surface area contributed by atoms with Crippen molar-refractivity contribution >= 4 is 35.5 Å². The van der Waals surface area contributed by atoms with Crippen LogP contribution in [0, 0.1) is 0 Å². The number of rotatable bonds is 1. The Labute approximate surface area is 157 Å². The van der Waals surface area contributed by atoms with E-state index in [0.717, 1.165) is 6.42 Å². The average Bonchev–Trinajstić information content (AvgIpc) is 3.25. The van der Waals surface area contributed by atoms with Gasteiger partial charge in [0.25, 0.3) is 0 Å². The van der Waals surface area contributed by atoms with Gasteiger partial charge in [-0.1, -0.05) is 0 Å². The van der Waals surface area contributed by atoms with Crippen LogP contribution in [-0.4, -0.2) is 82.3 Å². The molecule has 3 amide bonds. The lowest BCUT2D eigenvalue weighted by atomic mass is 10.1. The van der Waals surface area contributed by atoms with Crippen LogP contribution in [0.15, 0.2) is 0 Å². The molecule has 3 aliphatic rings. The van der Waals surface area contributed by atoms with Crippen LogP contribution in [0.1, 0.15) is 33.1 Å². The predicted molar refractivity (Wildman–Crippen MR) is 95.3 cm³/mol. The van der Waals surface area contributed by atoms with Crippen molar-refractivity contribution in [2.75, 3.05) is 20.2 Å². The lowest BCUT2D eigenvalue weighted by Gasteiger charge is -2.30. The topological polar surface area (TPSA) is 96.0 Å². The third-order valence-electron chi connectivity index (χ3n) is 5.33. The van der Waals surface area contributed by atoms with Crippen molar-refractivity contribution in [3.05, 3.63) is 0 Å². The molecule has 3 rings (SSSR count). The fourth-order valence-corrected chi connectivity index (χ4v) is 5.37. The highest BCUT2D eigenvalue weighted by Crippen LogP contribution is 2.33. The summed E-state index contributed by atoms with van der Waals surface area (Å²) in [5.74, 6) is -1.12. The van der Waals surface area contributed by atoms with E-state index in [9.17, 15) is 19.2 Å². The summed E-state index contributed by atoms with van der Waals surface area (Å²) in [4.78, 5) is 53.5. The molecule has 0 spiro atoms. The third-order valence-corrected chi connectivity index (χ3v) is 6.67. The average molecular weight is 383 g/mol. The van der Waals surface area contributed by atoms with Crippen LogP contribution in [0.2, 0.25) is 0 Å². The van der Waals surface area contributed by atoms with E-state index in [1.807, 2.05) is 6.92 Å². The van der Waals surface area contributed by atoms with E-state index in [1.165, 1.54) is 23.8 Å². The number of hydrogen-bond acceptors (Lipinski definition) is 6. The Balaban J connectivity index is 1.90. The molecule has 0 aromatic rings. The molecule has 144 valence electrons. The Morgan fingerprint density at radius 2 is 1.92 bits per heavy atom. The van der Waals surface area contributed by atoms with Crippen LogP contribution in [-0.2, 0) is 23.9 Å². The first-order valence-electron chi connectivity index (χ1n) is 8.98. The van der Waals surface area contributed by atoms with E-state index in [4.69, 9.17) is 4.74 Å². The molecule has 8 nitrogen and oxygen atoms in total. The fraction of sp³-hybridized carbons (Fsp3) is 0.765. The zero-order valence-corrected chi connectivity index (χ0v) is 16.1. The first-order valence-corrected chi connectivity index (χ1v) is 9.92. The largest absolute Gasteiger partial charge is 0.467 e. The standard InChI is InChI=1S/C17H25N3O5S/c1-9-15(22)20-8-11(7-13(20)17(24)25-3)26-10(2)16(23)19-6-4-5-12(19)14(21)18-9/h9-13H,4-8H2,1-3H3,(H,18,21)/t9-,10-,11-,12-,13-/m0/s1. The Hall–Kier alpha value is -1.77. The highest BCUT2D eigenvalue weighted by atomic mass is 32.2. The molecular formula is C17H25N3O5S. The monoisotopic (exact) mass is 383 g/mol. The zero-order chi connectivity index (χ0) is 19.0. The molecule has 3 heterocycles. The smallest absolute Gasteiger partial charge is 0.328 e. The maximum atomic E-state index is 12.8. The van der Waals surface area contributed by atoms with Crippen molar-refractivity contribution in [2.45, 2.75) is 61.7 Å². The van der Waals surface area contributed by atoms with Crippen LogP contribution in [0.4, 0.5) is 0 Å². The van der Waals surface area contributed by atoms with Gasteiger partial charge in [-0.15, -0.1) is 11.8 Å². The molecule has 0 radical (unpaired) electrons. The first kappa shape index (κ1) is 19.0. The lowest BCUT2D eigenvalue weighted by Crippen LogP contribution is -2.55. The molecule has 0 saturated carbocycles. The van der Waals surface area contributed by atoms with Crippen LogP contribution in [0.5, 0.6) is 0 Å². The highest BCUT2D eigenvalue weighted by Gasteiger charge is 2.45. The van der Waals surface area contributed by atoms with E-state index in [2.05, 4.69) is 5.32 Å². The summed E-state index contributed by atoms with van der Waals surface area (Å²) in [5, 5.41) is 2.37. The van der Waals surface area contributed by atoms with Gasteiger partial charge in [0.1, 0.15) is 18.1 Å². The second-order valence-electron chi connectivity index (χ2n) is 7.09. The second-order valence-corrected chi connectivity index (χ2v) is 8.73. The van der Waals surface area contributed by atoms with Gasteiger partial charge in [0.05, 0.1) is 12.4 Å². The normalized spacial score (nSPS) is 35.5. The maximum Gasteiger partial charge on any atom is 0.328 e. The minimum absolute atomic E-state index is 0.0228. The van der Waals surface area contributed by atoms with Crippen LogP contribution in [0.25, 0.3) is 0 Å². The molecule has 5 atom stereocenters. The summed E-state index contributed by atoms with van der Waals surface area (Å²) in [5.41, 5.74) is 0. The number of thioether (sulfide) groups is 1. The van der Waals surface area contributed by atoms with Crippen LogP contribution < -0.4 is 5.32 Å². The Kier molecular flexibility index (Phi) is 5.45. The molecule has 1 N–H and O–H groups in total. The summed E-state index contributed by atoms with van der Waals surface area (Å²) in [6.45, 7) is 4.37. The quantitative estimate of drug-likeness (QED) is 0.628. The second kappa shape index (κ2) is 7.46. The number of carbonyl (C=O) groups excluding carboxylic acids is 4. The van der Waals surface area contributed by atoms with E-state index in [1.54, 1.807) is 11.8 Å². The summed E-state index contributed by atoms with van der Waals surface area (Å²) in [7, 11) is 1.30. The number of fused-ring (bicyclic) bond motifs is 3. The Morgan fingerprint density at radius 1 is 1.19 bits per heavy atom. The number of hydrogen-bond donors (Lipinski definition) is 1. The molecular weight excluding hydrogens is 358 g/mol. The van der Waals surface area contributed by atoms with Gasteiger partial charge >= 0.3 is 5.97 Å². The summed E-state index contributed by atoms with van der Waals surface area (Å²) < 4.78 is 4.84.